The number of carbonyl (C=O) groups is 1. The second-order valence-corrected chi connectivity index (χ2v) is 7.70. The highest BCUT2D eigenvalue weighted by Gasteiger charge is 2.32. The van der Waals surface area contributed by atoms with Gasteiger partial charge >= 0.3 is 0 Å². The SMILES string of the molecule is CSc1ccccc1C(=O)N1CC[C@@H](Oc2ccc3ccncc3c2)[C@H](O)C1. The molecule has 4 rings (SSSR count). The largest absolute Gasteiger partial charge is 0.488 e. The number of hydrogen-bond donors (Lipinski definition) is 1. The lowest BCUT2D eigenvalue weighted by molar-refractivity contribution is -0.0199. The number of hydrogen-bond acceptors (Lipinski definition) is 5. The third-order valence-corrected chi connectivity index (χ3v) is 5.84. The molecule has 0 bridgehead atoms. The van der Waals surface area contributed by atoms with Crippen LogP contribution in [0.15, 0.2) is 65.8 Å². The number of nitrogens with zero attached hydrogens (tertiary/aromatic N) is 2. The van der Waals surface area contributed by atoms with Gasteiger partial charge in [-0.2, -0.15) is 0 Å². The molecule has 28 heavy (non-hydrogen) atoms. The monoisotopic (exact) mass is 394 g/mol. The van der Waals surface area contributed by atoms with Crippen molar-refractivity contribution in [1.29, 1.82) is 0 Å². The van der Waals surface area contributed by atoms with E-state index in [4.69, 9.17) is 4.74 Å². The molecule has 1 aromatic heterocycles. The van der Waals surface area contributed by atoms with Crippen molar-refractivity contribution in [2.75, 3.05) is 19.3 Å². The number of aromatic nitrogens is 1. The molecule has 144 valence electrons. The van der Waals surface area contributed by atoms with Crippen LogP contribution in [-0.2, 0) is 0 Å². The van der Waals surface area contributed by atoms with Crippen molar-refractivity contribution in [3.8, 4) is 5.75 Å². The Hall–Kier alpha value is -2.57. The maximum atomic E-state index is 12.9. The van der Waals surface area contributed by atoms with Crippen LogP contribution in [-0.4, -0.2) is 52.5 Å². The van der Waals surface area contributed by atoms with E-state index in [1.807, 2.05) is 54.8 Å². The molecule has 2 aromatic carbocycles. The third kappa shape index (κ3) is 3.84. The van der Waals surface area contributed by atoms with Crippen LogP contribution in [0.2, 0.25) is 0 Å². The highest BCUT2D eigenvalue weighted by molar-refractivity contribution is 7.98. The Morgan fingerprint density at radius 1 is 1.21 bits per heavy atom. The molecule has 2 atom stereocenters. The van der Waals surface area contributed by atoms with Gasteiger partial charge in [0.15, 0.2) is 0 Å². The molecule has 1 aliphatic rings. The highest BCUT2D eigenvalue weighted by atomic mass is 32.2. The number of pyridine rings is 1. The summed E-state index contributed by atoms with van der Waals surface area (Å²) in [4.78, 5) is 19.7. The smallest absolute Gasteiger partial charge is 0.255 e. The minimum atomic E-state index is -0.733. The number of fused-ring (bicyclic) bond motifs is 1. The summed E-state index contributed by atoms with van der Waals surface area (Å²) in [7, 11) is 0. The fourth-order valence-corrected chi connectivity index (χ4v) is 4.12. The number of piperidine rings is 1. The normalized spacial score (nSPS) is 19.6. The van der Waals surface area contributed by atoms with Gasteiger partial charge in [-0.25, -0.2) is 0 Å². The van der Waals surface area contributed by atoms with Crippen LogP contribution >= 0.6 is 11.8 Å². The third-order valence-electron chi connectivity index (χ3n) is 5.04. The van der Waals surface area contributed by atoms with Crippen LogP contribution < -0.4 is 4.74 Å². The topological polar surface area (TPSA) is 62.7 Å². The number of carbonyl (C=O) groups excluding carboxylic acids is 1. The number of aliphatic hydroxyl groups is 1. The van der Waals surface area contributed by atoms with Crippen molar-refractivity contribution in [2.45, 2.75) is 23.5 Å². The minimum Gasteiger partial charge on any atom is -0.488 e. The number of likely N-dealkylation sites (tertiary alicyclic amines) is 1. The first kappa shape index (κ1) is 18.8. The van der Waals surface area contributed by atoms with Gasteiger partial charge in [0.05, 0.1) is 12.1 Å². The first-order chi connectivity index (χ1) is 13.7. The fraction of sp³-hybridized carbons (Fsp3) is 0.273. The van der Waals surface area contributed by atoms with E-state index in [1.54, 1.807) is 29.1 Å². The lowest BCUT2D eigenvalue weighted by Gasteiger charge is -2.36. The summed E-state index contributed by atoms with van der Waals surface area (Å²) in [6.45, 7) is 0.819. The van der Waals surface area contributed by atoms with Crippen LogP contribution in [0.5, 0.6) is 5.75 Å². The van der Waals surface area contributed by atoms with Gasteiger partial charge in [-0.3, -0.25) is 9.78 Å². The van der Waals surface area contributed by atoms with E-state index >= 15 is 0 Å². The molecule has 5 nitrogen and oxygen atoms in total. The number of rotatable bonds is 4. The van der Waals surface area contributed by atoms with Crippen molar-refractivity contribution in [1.82, 2.24) is 9.88 Å². The molecular formula is C22H22N2O3S. The summed E-state index contributed by atoms with van der Waals surface area (Å²) >= 11 is 1.55. The van der Waals surface area contributed by atoms with E-state index < -0.39 is 6.10 Å². The Labute approximate surface area is 168 Å². The van der Waals surface area contributed by atoms with Crippen LogP contribution in [0.3, 0.4) is 0 Å². The maximum Gasteiger partial charge on any atom is 0.255 e. The first-order valence-corrected chi connectivity index (χ1v) is 10.5. The average Bonchev–Trinajstić information content (AvgIpc) is 2.74. The van der Waals surface area contributed by atoms with Gasteiger partial charge in [0, 0.05) is 35.6 Å². The van der Waals surface area contributed by atoms with Crippen molar-refractivity contribution >= 4 is 28.4 Å². The summed E-state index contributed by atoms with van der Waals surface area (Å²) in [5, 5.41) is 12.7. The Balaban J connectivity index is 1.44. The number of benzene rings is 2. The fourth-order valence-electron chi connectivity index (χ4n) is 3.53. The average molecular weight is 394 g/mol. The Morgan fingerprint density at radius 2 is 2.07 bits per heavy atom. The molecular weight excluding hydrogens is 372 g/mol. The zero-order chi connectivity index (χ0) is 19.5. The summed E-state index contributed by atoms with van der Waals surface area (Å²) in [6.07, 6.45) is 5.02. The van der Waals surface area contributed by atoms with Gasteiger partial charge in [-0.1, -0.05) is 18.2 Å². The van der Waals surface area contributed by atoms with Crippen LogP contribution in [0.4, 0.5) is 0 Å². The molecule has 1 aliphatic heterocycles. The van der Waals surface area contributed by atoms with Gasteiger partial charge < -0.3 is 14.7 Å². The van der Waals surface area contributed by atoms with E-state index in [-0.39, 0.29) is 18.6 Å². The number of β-amino-alcohol motifs (C(OH)–C–C–N with tert-alkyl or cyclic N) is 1. The lowest BCUT2D eigenvalue weighted by Crippen LogP contribution is -2.51. The zero-order valence-electron chi connectivity index (χ0n) is 15.6. The summed E-state index contributed by atoms with van der Waals surface area (Å²) < 4.78 is 6.03. The number of thioether (sulfide) groups is 1. The summed E-state index contributed by atoms with van der Waals surface area (Å²) in [5.74, 6) is 0.663. The van der Waals surface area contributed by atoms with E-state index in [1.165, 1.54) is 0 Å². The molecule has 6 heteroatoms. The molecule has 0 saturated carbocycles. The quantitative estimate of drug-likeness (QED) is 0.685. The van der Waals surface area contributed by atoms with Crippen LogP contribution in [0.1, 0.15) is 16.8 Å². The number of amides is 1. The lowest BCUT2D eigenvalue weighted by atomic mass is 10.0. The molecule has 2 heterocycles. The molecule has 0 aliphatic carbocycles. The zero-order valence-corrected chi connectivity index (χ0v) is 16.4. The molecule has 0 radical (unpaired) electrons. The minimum absolute atomic E-state index is 0.0424. The Morgan fingerprint density at radius 3 is 2.89 bits per heavy atom. The molecule has 1 amide bonds. The Bertz CT molecular complexity index is 994. The van der Waals surface area contributed by atoms with Crippen LogP contribution in [0.25, 0.3) is 10.8 Å². The molecule has 0 unspecified atom stereocenters. The molecule has 3 aromatic rings. The summed E-state index contributed by atoms with van der Waals surface area (Å²) in [6, 6.07) is 15.3. The van der Waals surface area contributed by atoms with Gasteiger partial charge in [0.2, 0.25) is 0 Å². The number of aliphatic hydroxyl groups excluding tert-OH is 1. The maximum absolute atomic E-state index is 12.9. The first-order valence-electron chi connectivity index (χ1n) is 9.26. The molecule has 1 N–H and O–H groups in total. The van der Waals surface area contributed by atoms with Gasteiger partial charge in [-0.05, 0) is 42.0 Å². The standard InChI is InChI=1S/C22H22N2O3S/c1-28-21-5-3-2-4-18(21)22(26)24-11-9-20(19(25)14-24)27-17-7-6-15-8-10-23-13-16(15)12-17/h2-8,10,12-13,19-20,25H,9,11,14H2,1H3/t19-,20-/m1/s1. The van der Waals surface area contributed by atoms with Crippen molar-refractivity contribution in [3.05, 3.63) is 66.5 Å². The molecule has 1 fully saturated rings. The van der Waals surface area contributed by atoms with E-state index in [0.717, 1.165) is 15.7 Å². The van der Waals surface area contributed by atoms with E-state index in [9.17, 15) is 9.90 Å². The van der Waals surface area contributed by atoms with Crippen molar-refractivity contribution in [3.63, 3.8) is 0 Å². The Kier molecular flexibility index (Phi) is 5.50. The van der Waals surface area contributed by atoms with Crippen molar-refractivity contribution in [2.24, 2.45) is 0 Å². The second-order valence-electron chi connectivity index (χ2n) is 6.85. The predicted molar refractivity (Wildman–Crippen MR) is 111 cm³/mol. The molecule has 0 spiro atoms. The molecule has 1 saturated heterocycles. The predicted octanol–water partition coefficient (Wildman–Crippen LogP) is 3.61. The van der Waals surface area contributed by atoms with Gasteiger partial charge in [0.1, 0.15) is 18.0 Å². The van der Waals surface area contributed by atoms with Crippen LogP contribution in [0, 0.1) is 0 Å². The number of ether oxygens (including phenoxy) is 1. The highest BCUT2D eigenvalue weighted by Crippen LogP contribution is 2.26. The van der Waals surface area contributed by atoms with E-state index in [2.05, 4.69) is 4.98 Å². The van der Waals surface area contributed by atoms with Gasteiger partial charge in [0.25, 0.3) is 5.91 Å². The van der Waals surface area contributed by atoms with Gasteiger partial charge in [-0.15, -0.1) is 11.8 Å². The van der Waals surface area contributed by atoms with E-state index in [0.29, 0.717) is 24.3 Å². The second kappa shape index (κ2) is 8.20. The van der Waals surface area contributed by atoms with Crippen molar-refractivity contribution < 1.29 is 14.6 Å². The summed E-state index contributed by atoms with van der Waals surface area (Å²) in [5.41, 5.74) is 0.684.